The second-order valence-corrected chi connectivity index (χ2v) is 13.0. The fraction of sp³-hybridized carbons (Fsp3) is 0.0968. The van der Waals surface area contributed by atoms with E-state index >= 15 is 0 Å². The molecule has 2 aliphatic rings. The van der Waals surface area contributed by atoms with Crippen LogP contribution in [0, 0.1) is 10.7 Å². The van der Waals surface area contributed by atoms with E-state index in [-0.39, 0.29) is 28.9 Å². The summed E-state index contributed by atoms with van der Waals surface area (Å²) in [5.41, 5.74) is 2.12. The van der Waals surface area contributed by atoms with E-state index in [2.05, 4.69) is 10.6 Å². The number of hydrogen-bond acceptors (Lipinski definition) is 8. The lowest BCUT2D eigenvalue weighted by molar-refractivity contribution is -0.115. The van der Waals surface area contributed by atoms with Crippen molar-refractivity contribution in [3.63, 3.8) is 0 Å². The number of carbonyl (C=O) groups is 4. The summed E-state index contributed by atoms with van der Waals surface area (Å²) >= 11 is 5.71. The number of benzene rings is 4. The molecule has 0 radical (unpaired) electrons. The van der Waals surface area contributed by atoms with E-state index in [4.69, 9.17) is 9.47 Å². The maximum atomic E-state index is 12.5. The molecule has 0 aliphatic carbocycles. The van der Waals surface area contributed by atoms with E-state index < -0.39 is 17.5 Å². The van der Waals surface area contributed by atoms with Crippen molar-refractivity contribution in [3.05, 3.63) is 99.2 Å². The number of nitrogens with one attached hydrogen (secondary N) is 2. The normalized spacial score (nSPS) is 13.2. The van der Waals surface area contributed by atoms with Crippen LogP contribution in [0.25, 0.3) is 0 Å². The van der Waals surface area contributed by atoms with Crippen molar-refractivity contribution in [3.8, 4) is 23.0 Å². The molecule has 2 heterocycles. The van der Waals surface area contributed by atoms with Gasteiger partial charge in [-0.1, -0.05) is 18.2 Å². The smallest absolute Gasteiger partial charge is 0.340 e. The van der Waals surface area contributed by atoms with Gasteiger partial charge in [-0.2, -0.15) is 0 Å². The van der Waals surface area contributed by atoms with Gasteiger partial charge in [-0.25, -0.2) is 9.59 Å². The Morgan fingerprint density at radius 2 is 1.22 bits per heavy atom. The maximum Gasteiger partial charge on any atom is 0.340 e. The fourth-order valence-electron chi connectivity index (χ4n) is 5.08. The quantitative estimate of drug-likeness (QED) is 0.110. The van der Waals surface area contributed by atoms with Crippen LogP contribution >= 0.6 is 67.8 Å². The standard InChI is InChI=1S/C20H12O5.C11H9I3N2O4/c21-11-5-7-15-17(9-11)24-18-10-12(22)6-8-16(18)20(15)14-4-2-1-3-13(14)19(23)25-20;1-3(17)15-9-6(12)5(11(19)20)7(13)10(8(9)14)16-4(2)18/h1-10,21-22H;1-2H3,(H,15,17)(H,16,18)(H,19,20). The van der Waals surface area contributed by atoms with E-state index in [0.717, 1.165) is 0 Å². The lowest BCUT2D eigenvalue weighted by Gasteiger charge is -2.36. The number of hydrogen-bond donors (Lipinski definition) is 5. The third-order valence-corrected chi connectivity index (χ3v) is 10.1. The number of rotatable bonds is 3. The lowest BCUT2D eigenvalue weighted by atomic mass is 9.77. The predicted molar refractivity (Wildman–Crippen MR) is 188 cm³/mol. The number of phenols is 2. The Labute approximate surface area is 296 Å². The van der Waals surface area contributed by atoms with Gasteiger partial charge in [-0.05, 0) is 98.1 Å². The van der Waals surface area contributed by atoms with Crippen molar-refractivity contribution >= 4 is 103 Å². The van der Waals surface area contributed by atoms with Gasteiger partial charge in [-0.3, -0.25) is 9.59 Å². The summed E-state index contributed by atoms with van der Waals surface area (Å²) in [6.07, 6.45) is 0. The number of phenolic OH excluding ortho intramolecular Hbond substituents is 2. The minimum Gasteiger partial charge on any atom is -0.508 e. The van der Waals surface area contributed by atoms with Crippen LogP contribution in [0.5, 0.6) is 23.0 Å². The SMILES string of the molecule is CC(=O)Nc1c(I)c(NC(C)=O)c(I)c(C(=O)O)c1I.O=C1OC2(c3ccc(O)cc3Oc3cc(O)ccc32)c2ccccc21. The number of amides is 2. The summed E-state index contributed by atoms with van der Waals surface area (Å²) in [6.45, 7) is 2.67. The van der Waals surface area contributed by atoms with Gasteiger partial charge in [-0.15, -0.1) is 0 Å². The molecule has 0 aromatic heterocycles. The van der Waals surface area contributed by atoms with Gasteiger partial charge >= 0.3 is 11.9 Å². The topological polar surface area (TPSA) is 171 Å². The molecule has 0 atom stereocenters. The number of halogens is 3. The maximum absolute atomic E-state index is 12.5. The predicted octanol–water partition coefficient (Wildman–Crippen LogP) is 6.78. The van der Waals surface area contributed by atoms with E-state index in [1.54, 1.807) is 24.3 Å². The van der Waals surface area contributed by atoms with Gasteiger partial charge in [0.05, 0.1) is 33.2 Å². The number of carbonyl (C=O) groups excluding carboxylic acids is 3. The molecule has 1 spiro atoms. The van der Waals surface area contributed by atoms with Gasteiger partial charge in [0.1, 0.15) is 23.0 Å². The summed E-state index contributed by atoms with van der Waals surface area (Å²) in [5.74, 6) is -1.33. The first kappa shape index (κ1) is 32.7. The minimum absolute atomic E-state index is 0.0371. The highest BCUT2D eigenvalue weighted by molar-refractivity contribution is 14.1. The molecule has 4 aromatic rings. The third-order valence-electron chi connectivity index (χ3n) is 6.81. The molecule has 6 rings (SSSR count). The molecule has 4 aromatic carbocycles. The number of ether oxygens (including phenoxy) is 2. The second kappa shape index (κ2) is 12.6. The number of aromatic carboxylic acids is 1. The molecule has 0 saturated carbocycles. The van der Waals surface area contributed by atoms with E-state index in [9.17, 15) is 34.5 Å². The summed E-state index contributed by atoms with van der Waals surface area (Å²) in [6, 6.07) is 16.6. The van der Waals surface area contributed by atoms with Crippen molar-refractivity contribution in [2.24, 2.45) is 0 Å². The van der Waals surface area contributed by atoms with Gasteiger partial charge in [0.2, 0.25) is 11.8 Å². The molecule has 11 nitrogen and oxygen atoms in total. The highest BCUT2D eigenvalue weighted by atomic mass is 127. The van der Waals surface area contributed by atoms with Crippen LogP contribution in [0.1, 0.15) is 51.3 Å². The fourth-order valence-corrected chi connectivity index (χ4v) is 9.24. The second-order valence-electron chi connectivity index (χ2n) is 9.81. The average molecular weight is 946 g/mol. The van der Waals surface area contributed by atoms with Crippen molar-refractivity contribution < 1.29 is 44.0 Å². The number of carboxylic acids is 1. The zero-order valence-corrected chi connectivity index (χ0v) is 29.7. The number of anilines is 2. The Hall–Kier alpha value is -3.65. The van der Waals surface area contributed by atoms with Crippen molar-refractivity contribution in [2.75, 3.05) is 10.6 Å². The largest absolute Gasteiger partial charge is 0.508 e. The van der Waals surface area contributed by atoms with Crippen LogP contribution in [0.4, 0.5) is 11.4 Å². The lowest BCUT2D eigenvalue weighted by Crippen LogP contribution is -2.32. The van der Waals surface area contributed by atoms with Crippen LogP contribution < -0.4 is 15.4 Å². The molecular weight excluding hydrogens is 925 g/mol. The zero-order chi connectivity index (χ0) is 32.8. The highest BCUT2D eigenvalue weighted by Crippen LogP contribution is 2.56. The summed E-state index contributed by atoms with van der Waals surface area (Å²) in [7, 11) is 0. The number of aromatic hydroxyl groups is 2. The van der Waals surface area contributed by atoms with Crippen molar-refractivity contribution in [2.45, 2.75) is 19.4 Å². The Balaban J connectivity index is 0.000000184. The van der Waals surface area contributed by atoms with Crippen LogP contribution in [0.15, 0.2) is 60.7 Å². The van der Waals surface area contributed by atoms with Crippen molar-refractivity contribution in [1.82, 2.24) is 0 Å². The number of carboxylic acid groups (broad SMARTS) is 1. The summed E-state index contributed by atoms with van der Waals surface area (Å²) < 4.78 is 13.2. The molecule has 2 aliphatic heterocycles. The minimum atomic E-state index is -1.17. The van der Waals surface area contributed by atoms with E-state index in [0.29, 0.717) is 55.8 Å². The first-order chi connectivity index (χ1) is 21.3. The zero-order valence-electron chi connectivity index (χ0n) is 23.2. The molecule has 0 bridgehead atoms. The van der Waals surface area contributed by atoms with Crippen LogP contribution in [0.2, 0.25) is 0 Å². The Bertz CT molecular complexity index is 1850. The molecule has 0 saturated heterocycles. The molecular formula is C31H21I3N2O9. The molecule has 0 unspecified atom stereocenters. The molecule has 0 fully saturated rings. The Morgan fingerprint density at radius 3 is 1.69 bits per heavy atom. The molecule has 5 N–H and O–H groups in total. The molecule has 230 valence electrons. The molecule has 45 heavy (non-hydrogen) atoms. The average Bonchev–Trinajstić information content (AvgIpc) is 3.25. The first-order valence-corrected chi connectivity index (χ1v) is 16.2. The van der Waals surface area contributed by atoms with Crippen LogP contribution in [-0.2, 0) is 19.9 Å². The third kappa shape index (κ3) is 5.89. The van der Waals surface area contributed by atoms with Gasteiger partial charge < -0.3 is 35.4 Å². The van der Waals surface area contributed by atoms with Crippen LogP contribution in [-0.4, -0.2) is 39.1 Å². The van der Waals surface area contributed by atoms with E-state index in [1.807, 2.05) is 79.9 Å². The molecule has 2 amide bonds. The first-order valence-electron chi connectivity index (χ1n) is 12.9. The number of fused-ring (bicyclic) bond motifs is 6. The monoisotopic (exact) mass is 946 g/mol. The van der Waals surface area contributed by atoms with E-state index in [1.165, 1.54) is 38.1 Å². The summed E-state index contributed by atoms with van der Waals surface area (Å²) in [5, 5.41) is 34.2. The number of esters is 1. The molecule has 14 heteroatoms. The highest BCUT2D eigenvalue weighted by Gasteiger charge is 2.53. The van der Waals surface area contributed by atoms with Crippen LogP contribution in [0.3, 0.4) is 0 Å². The van der Waals surface area contributed by atoms with Crippen molar-refractivity contribution in [1.29, 1.82) is 0 Å². The van der Waals surface area contributed by atoms with Gasteiger partial charge in [0.15, 0.2) is 5.60 Å². The summed E-state index contributed by atoms with van der Waals surface area (Å²) in [4.78, 5) is 46.4. The van der Waals surface area contributed by atoms with Gasteiger partial charge in [0, 0.05) is 42.7 Å². The Morgan fingerprint density at radius 1 is 0.733 bits per heavy atom. The van der Waals surface area contributed by atoms with Gasteiger partial charge in [0.25, 0.3) is 0 Å². The Kier molecular flexibility index (Phi) is 9.18.